The molecule has 1 aromatic carbocycles. The predicted molar refractivity (Wildman–Crippen MR) is 89.6 cm³/mol. The van der Waals surface area contributed by atoms with E-state index in [0.717, 1.165) is 43.9 Å². The van der Waals surface area contributed by atoms with Crippen molar-refractivity contribution in [3.63, 3.8) is 0 Å². The molecule has 24 heavy (non-hydrogen) atoms. The monoisotopic (exact) mass is 351 g/mol. The summed E-state index contributed by atoms with van der Waals surface area (Å²) in [5.74, 6) is -1.97. The largest absolute Gasteiger partial charge is 0.357 e. The van der Waals surface area contributed by atoms with Crippen molar-refractivity contribution in [2.24, 2.45) is 0 Å². The molecule has 4 nitrogen and oxygen atoms in total. The van der Waals surface area contributed by atoms with Crippen molar-refractivity contribution in [3.05, 3.63) is 52.7 Å². The second kappa shape index (κ2) is 7.13. The van der Waals surface area contributed by atoms with Crippen LogP contribution in [0, 0.1) is 11.6 Å². The second-order valence-electron chi connectivity index (χ2n) is 5.65. The fourth-order valence-electron chi connectivity index (χ4n) is 2.67. The third-order valence-corrected chi connectivity index (χ3v) is 4.25. The number of halogens is 3. The Hall–Kier alpha value is -2.21. The number of rotatable bonds is 3. The maximum atomic E-state index is 13.3. The van der Waals surface area contributed by atoms with E-state index in [2.05, 4.69) is 15.2 Å². The van der Waals surface area contributed by atoms with Crippen LogP contribution in [-0.2, 0) is 0 Å². The van der Waals surface area contributed by atoms with E-state index < -0.39 is 17.5 Å². The molecule has 1 aliphatic rings. The summed E-state index contributed by atoms with van der Waals surface area (Å²) < 4.78 is 26.4. The summed E-state index contributed by atoms with van der Waals surface area (Å²) >= 11 is 5.80. The van der Waals surface area contributed by atoms with Gasteiger partial charge in [0.2, 0.25) is 0 Å². The number of nitrogens with one attached hydrogen (secondary N) is 1. The average molecular weight is 352 g/mol. The number of nitrogens with zero attached hydrogens (tertiary/aromatic N) is 2. The van der Waals surface area contributed by atoms with Crippen LogP contribution in [-0.4, -0.2) is 24.0 Å². The molecule has 0 radical (unpaired) electrons. The normalized spacial score (nSPS) is 14.5. The molecule has 1 N–H and O–H groups in total. The number of aromatic nitrogens is 1. The summed E-state index contributed by atoms with van der Waals surface area (Å²) in [4.78, 5) is 18.7. The van der Waals surface area contributed by atoms with Gasteiger partial charge >= 0.3 is 0 Å². The molecule has 126 valence electrons. The van der Waals surface area contributed by atoms with Gasteiger partial charge in [0.05, 0.1) is 22.5 Å². The fraction of sp³-hybridized carbons (Fsp3) is 0.294. The standard InChI is InChI=1S/C17H16ClF2N3O/c18-13-9-15(20)14(19)8-12(13)17(24)22-11-4-5-16(21-10-11)23-6-2-1-3-7-23/h4-5,8-10H,1-3,6-7H2,(H,22,24). The molecular weight excluding hydrogens is 336 g/mol. The van der Waals surface area contributed by atoms with E-state index in [1.165, 1.54) is 12.6 Å². The Bertz CT molecular complexity index is 746. The van der Waals surface area contributed by atoms with Gasteiger partial charge in [0.15, 0.2) is 11.6 Å². The summed E-state index contributed by atoms with van der Waals surface area (Å²) in [6.45, 7) is 1.95. The van der Waals surface area contributed by atoms with E-state index in [0.29, 0.717) is 5.69 Å². The van der Waals surface area contributed by atoms with Gasteiger partial charge in [-0.1, -0.05) is 11.6 Å². The van der Waals surface area contributed by atoms with Crippen molar-refractivity contribution >= 4 is 29.0 Å². The van der Waals surface area contributed by atoms with Crippen molar-refractivity contribution in [3.8, 4) is 0 Å². The highest BCUT2D eigenvalue weighted by Gasteiger charge is 2.16. The molecule has 2 heterocycles. The third-order valence-electron chi connectivity index (χ3n) is 3.94. The Labute approximate surface area is 143 Å². The van der Waals surface area contributed by atoms with E-state index >= 15 is 0 Å². The topological polar surface area (TPSA) is 45.2 Å². The molecule has 0 aliphatic carbocycles. The number of carbonyl (C=O) groups is 1. The minimum Gasteiger partial charge on any atom is -0.357 e. The predicted octanol–water partition coefficient (Wildman–Crippen LogP) is 4.26. The van der Waals surface area contributed by atoms with Gasteiger partial charge in [0.25, 0.3) is 5.91 Å². The molecule has 2 aromatic rings. The van der Waals surface area contributed by atoms with Crippen LogP contribution in [0.2, 0.25) is 5.02 Å². The van der Waals surface area contributed by atoms with Crippen molar-refractivity contribution in [2.75, 3.05) is 23.3 Å². The lowest BCUT2D eigenvalue weighted by atomic mass is 10.1. The first-order chi connectivity index (χ1) is 11.5. The molecule has 0 spiro atoms. The van der Waals surface area contributed by atoms with Crippen molar-refractivity contribution in [1.29, 1.82) is 0 Å². The van der Waals surface area contributed by atoms with Crippen molar-refractivity contribution < 1.29 is 13.6 Å². The quantitative estimate of drug-likeness (QED) is 0.840. The summed E-state index contributed by atoms with van der Waals surface area (Å²) in [6, 6.07) is 5.11. The van der Waals surface area contributed by atoms with Gasteiger partial charge in [-0.15, -0.1) is 0 Å². The summed E-state index contributed by atoms with van der Waals surface area (Å²) in [5, 5.41) is 2.43. The molecule has 1 aromatic heterocycles. The smallest absolute Gasteiger partial charge is 0.257 e. The molecule has 0 saturated carbocycles. The first-order valence-corrected chi connectivity index (χ1v) is 8.09. The number of pyridine rings is 1. The SMILES string of the molecule is O=C(Nc1ccc(N2CCCCC2)nc1)c1cc(F)c(F)cc1Cl. The Morgan fingerprint density at radius 2 is 1.83 bits per heavy atom. The zero-order chi connectivity index (χ0) is 17.1. The number of anilines is 2. The Kier molecular flexibility index (Phi) is 4.94. The van der Waals surface area contributed by atoms with Crippen LogP contribution >= 0.6 is 11.6 Å². The molecule has 7 heteroatoms. The first kappa shape index (κ1) is 16.6. The lowest BCUT2D eigenvalue weighted by molar-refractivity contribution is 0.102. The van der Waals surface area contributed by atoms with E-state index in [1.54, 1.807) is 6.07 Å². The van der Waals surface area contributed by atoms with E-state index in [4.69, 9.17) is 11.6 Å². The molecular formula is C17H16ClF2N3O. The Morgan fingerprint density at radius 3 is 2.50 bits per heavy atom. The van der Waals surface area contributed by atoms with Gasteiger partial charge < -0.3 is 10.2 Å². The number of piperidine rings is 1. The van der Waals surface area contributed by atoms with Crippen LogP contribution in [0.1, 0.15) is 29.6 Å². The maximum absolute atomic E-state index is 13.3. The molecule has 0 atom stereocenters. The van der Waals surface area contributed by atoms with Crippen LogP contribution in [0.5, 0.6) is 0 Å². The summed E-state index contributed by atoms with van der Waals surface area (Å²) in [7, 11) is 0. The van der Waals surface area contributed by atoms with Crippen LogP contribution in [0.3, 0.4) is 0 Å². The van der Waals surface area contributed by atoms with Crippen LogP contribution in [0.4, 0.5) is 20.3 Å². The Balaban J connectivity index is 1.71. The number of hydrogen-bond donors (Lipinski definition) is 1. The molecule has 3 rings (SSSR count). The van der Waals surface area contributed by atoms with Gasteiger partial charge in [-0.2, -0.15) is 0 Å². The molecule has 1 saturated heterocycles. The number of carbonyl (C=O) groups excluding carboxylic acids is 1. The first-order valence-electron chi connectivity index (χ1n) is 7.71. The molecule has 1 aliphatic heterocycles. The number of hydrogen-bond acceptors (Lipinski definition) is 3. The zero-order valence-electron chi connectivity index (χ0n) is 12.9. The van der Waals surface area contributed by atoms with Crippen LogP contribution in [0.15, 0.2) is 30.5 Å². The number of amides is 1. The molecule has 1 fully saturated rings. The lowest BCUT2D eigenvalue weighted by Crippen LogP contribution is -2.30. The highest BCUT2D eigenvalue weighted by Crippen LogP contribution is 2.22. The molecule has 0 unspecified atom stereocenters. The van der Waals surface area contributed by atoms with Crippen molar-refractivity contribution in [1.82, 2.24) is 4.98 Å². The van der Waals surface area contributed by atoms with Gasteiger partial charge in [0, 0.05) is 13.1 Å². The van der Waals surface area contributed by atoms with Crippen LogP contribution < -0.4 is 10.2 Å². The fourth-order valence-corrected chi connectivity index (χ4v) is 2.90. The number of benzene rings is 1. The van der Waals surface area contributed by atoms with Crippen LogP contribution in [0.25, 0.3) is 0 Å². The minimum absolute atomic E-state index is 0.129. The minimum atomic E-state index is -1.12. The summed E-state index contributed by atoms with van der Waals surface area (Å²) in [5.41, 5.74) is 0.331. The second-order valence-corrected chi connectivity index (χ2v) is 6.06. The molecule has 1 amide bonds. The van der Waals surface area contributed by atoms with E-state index in [-0.39, 0.29) is 10.6 Å². The molecule has 0 bridgehead atoms. The van der Waals surface area contributed by atoms with Gasteiger partial charge in [-0.25, -0.2) is 13.8 Å². The summed E-state index contributed by atoms with van der Waals surface area (Å²) in [6.07, 6.45) is 5.07. The van der Waals surface area contributed by atoms with Gasteiger partial charge in [-0.05, 0) is 43.5 Å². The lowest BCUT2D eigenvalue weighted by Gasteiger charge is -2.27. The highest BCUT2D eigenvalue weighted by atomic mass is 35.5. The zero-order valence-corrected chi connectivity index (χ0v) is 13.6. The maximum Gasteiger partial charge on any atom is 0.257 e. The van der Waals surface area contributed by atoms with E-state index in [9.17, 15) is 13.6 Å². The third kappa shape index (κ3) is 3.64. The van der Waals surface area contributed by atoms with E-state index in [1.807, 2.05) is 6.07 Å². The van der Waals surface area contributed by atoms with Crippen molar-refractivity contribution in [2.45, 2.75) is 19.3 Å². The van der Waals surface area contributed by atoms with Gasteiger partial charge in [-0.3, -0.25) is 4.79 Å². The highest BCUT2D eigenvalue weighted by molar-refractivity contribution is 6.34. The Morgan fingerprint density at radius 1 is 1.12 bits per heavy atom. The average Bonchev–Trinajstić information content (AvgIpc) is 2.59. The van der Waals surface area contributed by atoms with Gasteiger partial charge in [0.1, 0.15) is 5.82 Å².